The summed E-state index contributed by atoms with van der Waals surface area (Å²) in [7, 11) is -1.81. The molecule has 1 aliphatic rings. The lowest BCUT2D eigenvalue weighted by atomic mass is 10.0. The molecular formula is C12H16N2O3S. The molecular weight excluding hydrogens is 252 g/mol. The molecule has 0 unspecified atom stereocenters. The van der Waals surface area contributed by atoms with Gasteiger partial charge >= 0.3 is 0 Å². The molecule has 1 heterocycles. The molecule has 0 aliphatic carbocycles. The molecule has 0 bridgehead atoms. The first-order valence-electron chi connectivity index (χ1n) is 5.70. The number of hydrogen-bond donors (Lipinski definition) is 1. The quantitative estimate of drug-likeness (QED) is 0.894. The van der Waals surface area contributed by atoms with Gasteiger partial charge in [0.05, 0.1) is 12.8 Å². The summed E-state index contributed by atoms with van der Waals surface area (Å²) < 4.78 is 28.3. The van der Waals surface area contributed by atoms with Crippen LogP contribution in [0.2, 0.25) is 0 Å². The first-order valence-corrected chi connectivity index (χ1v) is 7.59. The second-order valence-electron chi connectivity index (χ2n) is 4.21. The fourth-order valence-electron chi connectivity index (χ4n) is 1.90. The molecule has 0 saturated carbocycles. The van der Waals surface area contributed by atoms with Gasteiger partial charge in [0.25, 0.3) is 0 Å². The Balaban J connectivity index is 2.45. The van der Waals surface area contributed by atoms with Crippen LogP contribution in [0.4, 0.5) is 0 Å². The van der Waals surface area contributed by atoms with E-state index in [2.05, 4.69) is 10.5 Å². The summed E-state index contributed by atoms with van der Waals surface area (Å²) >= 11 is 0. The molecule has 5 nitrogen and oxygen atoms in total. The van der Waals surface area contributed by atoms with Crippen molar-refractivity contribution in [3.05, 3.63) is 23.8 Å². The van der Waals surface area contributed by atoms with E-state index in [1.54, 1.807) is 18.2 Å². The first-order chi connectivity index (χ1) is 8.52. The van der Waals surface area contributed by atoms with Crippen molar-refractivity contribution >= 4 is 15.5 Å². The number of sulfone groups is 1. The number of nitrogens with zero attached hydrogens (tertiary/aromatic N) is 1. The van der Waals surface area contributed by atoms with Crippen molar-refractivity contribution in [1.29, 1.82) is 0 Å². The van der Waals surface area contributed by atoms with Gasteiger partial charge in [-0.1, -0.05) is 6.07 Å². The largest absolute Gasteiger partial charge is 0.495 e. The van der Waals surface area contributed by atoms with E-state index in [9.17, 15) is 8.42 Å². The highest BCUT2D eigenvalue weighted by Gasteiger charge is 2.16. The van der Waals surface area contributed by atoms with E-state index in [4.69, 9.17) is 4.74 Å². The molecule has 18 heavy (non-hydrogen) atoms. The second kappa shape index (κ2) is 4.97. The molecule has 1 N–H and O–H groups in total. The lowest BCUT2D eigenvalue weighted by Crippen LogP contribution is -2.19. The van der Waals surface area contributed by atoms with Gasteiger partial charge in [0, 0.05) is 18.4 Å². The van der Waals surface area contributed by atoms with E-state index in [-0.39, 0.29) is 4.90 Å². The van der Waals surface area contributed by atoms with E-state index in [1.165, 1.54) is 13.4 Å². The van der Waals surface area contributed by atoms with Crippen LogP contribution >= 0.6 is 0 Å². The highest BCUT2D eigenvalue weighted by atomic mass is 32.2. The molecule has 0 spiro atoms. The molecule has 98 valence electrons. The van der Waals surface area contributed by atoms with Gasteiger partial charge in [0.2, 0.25) is 0 Å². The SMILES string of the molecule is COc1cc(C2=NNCCC2)ccc1S(C)(=O)=O. The Morgan fingerprint density at radius 1 is 1.39 bits per heavy atom. The highest BCUT2D eigenvalue weighted by molar-refractivity contribution is 7.90. The van der Waals surface area contributed by atoms with E-state index < -0.39 is 9.84 Å². The molecule has 1 aromatic carbocycles. The van der Waals surface area contributed by atoms with Crippen LogP contribution in [0.25, 0.3) is 0 Å². The molecule has 0 saturated heterocycles. The van der Waals surface area contributed by atoms with Crippen LogP contribution < -0.4 is 10.2 Å². The summed E-state index contributed by atoms with van der Waals surface area (Å²) in [6, 6.07) is 5.06. The molecule has 0 aromatic heterocycles. The van der Waals surface area contributed by atoms with Crippen LogP contribution in [0.1, 0.15) is 18.4 Å². The standard InChI is InChI=1S/C12H16N2O3S/c1-17-11-8-9(10-4-3-7-13-14-10)5-6-12(11)18(2,15)16/h5-6,8,13H,3-4,7H2,1-2H3. The van der Waals surface area contributed by atoms with Crippen LogP contribution in [-0.4, -0.2) is 34.0 Å². The Kier molecular flexibility index (Phi) is 3.56. The lowest BCUT2D eigenvalue weighted by Gasteiger charge is -2.14. The third-order valence-corrected chi connectivity index (χ3v) is 3.95. The number of rotatable bonds is 3. The molecule has 6 heteroatoms. The van der Waals surface area contributed by atoms with Crippen molar-refractivity contribution in [1.82, 2.24) is 5.43 Å². The Labute approximate surface area is 107 Å². The number of nitrogens with one attached hydrogen (secondary N) is 1. The molecule has 2 rings (SSSR count). The monoisotopic (exact) mass is 268 g/mol. The summed E-state index contributed by atoms with van der Waals surface area (Å²) in [5.41, 5.74) is 4.77. The summed E-state index contributed by atoms with van der Waals surface area (Å²) in [4.78, 5) is 0.207. The molecule has 1 aliphatic heterocycles. The average Bonchev–Trinajstić information content (AvgIpc) is 2.38. The first kappa shape index (κ1) is 12.9. The third-order valence-electron chi connectivity index (χ3n) is 2.81. The van der Waals surface area contributed by atoms with Crippen LogP contribution in [0, 0.1) is 0 Å². The van der Waals surface area contributed by atoms with Crippen molar-refractivity contribution in [2.24, 2.45) is 5.10 Å². The molecule has 0 atom stereocenters. The lowest BCUT2D eigenvalue weighted by molar-refractivity contribution is 0.403. The van der Waals surface area contributed by atoms with Gasteiger partial charge in [-0.15, -0.1) is 0 Å². The number of benzene rings is 1. The minimum absolute atomic E-state index is 0.207. The van der Waals surface area contributed by atoms with E-state index in [0.29, 0.717) is 5.75 Å². The Hall–Kier alpha value is -1.56. The van der Waals surface area contributed by atoms with Crippen LogP contribution in [0.3, 0.4) is 0 Å². The smallest absolute Gasteiger partial charge is 0.179 e. The van der Waals surface area contributed by atoms with Gasteiger partial charge in [-0.05, 0) is 25.0 Å². The summed E-state index contributed by atoms with van der Waals surface area (Å²) in [6.45, 7) is 0.877. The van der Waals surface area contributed by atoms with E-state index >= 15 is 0 Å². The van der Waals surface area contributed by atoms with Crippen molar-refractivity contribution in [2.75, 3.05) is 19.9 Å². The summed E-state index contributed by atoms with van der Waals surface area (Å²) in [6.07, 6.45) is 3.08. The van der Waals surface area contributed by atoms with E-state index in [0.717, 1.165) is 30.7 Å². The number of hydrazone groups is 1. The normalized spacial score (nSPS) is 15.8. The zero-order chi connectivity index (χ0) is 13.2. The predicted molar refractivity (Wildman–Crippen MR) is 69.9 cm³/mol. The zero-order valence-corrected chi connectivity index (χ0v) is 11.3. The maximum Gasteiger partial charge on any atom is 0.179 e. The van der Waals surface area contributed by atoms with Gasteiger partial charge < -0.3 is 10.2 Å². The maximum atomic E-state index is 11.6. The molecule has 0 radical (unpaired) electrons. The van der Waals surface area contributed by atoms with Crippen LogP contribution in [-0.2, 0) is 9.84 Å². The maximum absolute atomic E-state index is 11.6. The number of methoxy groups -OCH3 is 1. The fraction of sp³-hybridized carbons (Fsp3) is 0.417. The van der Waals surface area contributed by atoms with Crippen molar-refractivity contribution in [3.8, 4) is 5.75 Å². The van der Waals surface area contributed by atoms with Gasteiger partial charge in [-0.25, -0.2) is 8.42 Å². The number of ether oxygens (including phenoxy) is 1. The van der Waals surface area contributed by atoms with Gasteiger partial charge in [0.1, 0.15) is 10.6 Å². The summed E-state index contributed by atoms with van der Waals surface area (Å²) in [5.74, 6) is 0.364. The average molecular weight is 268 g/mol. The van der Waals surface area contributed by atoms with E-state index in [1.807, 2.05) is 0 Å². The highest BCUT2D eigenvalue weighted by Crippen LogP contribution is 2.26. The minimum Gasteiger partial charge on any atom is -0.495 e. The van der Waals surface area contributed by atoms with Gasteiger partial charge in [-0.3, -0.25) is 0 Å². The van der Waals surface area contributed by atoms with Gasteiger partial charge in [-0.2, -0.15) is 5.10 Å². The Morgan fingerprint density at radius 2 is 2.17 bits per heavy atom. The topological polar surface area (TPSA) is 67.8 Å². The molecule has 0 fully saturated rings. The predicted octanol–water partition coefficient (Wildman–Crippen LogP) is 1.19. The molecule has 1 aromatic rings. The van der Waals surface area contributed by atoms with Crippen molar-refractivity contribution < 1.29 is 13.2 Å². The zero-order valence-electron chi connectivity index (χ0n) is 10.4. The molecule has 0 amide bonds. The minimum atomic E-state index is -3.27. The number of hydrogen-bond acceptors (Lipinski definition) is 5. The van der Waals surface area contributed by atoms with Crippen molar-refractivity contribution in [2.45, 2.75) is 17.7 Å². The van der Waals surface area contributed by atoms with Crippen molar-refractivity contribution in [3.63, 3.8) is 0 Å². The Bertz CT molecular complexity index is 579. The van der Waals surface area contributed by atoms with Crippen LogP contribution in [0.15, 0.2) is 28.2 Å². The van der Waals surface area contributed by atoms with Crippen LogP contribution in [0.5, 0.6) is 5.75 Å². The van der Waals surface area contributed by atoms with Gasteiger partial charge in [0.15, 0.2) is 9.84 Å². The summed E-state index contributed by atoms with van der Waals surface area (Å²) in [5, 5.41) is 4.23. The third kappa shape index (κ3) is 2.64. The second-order valence-corrected chi connectivity index (χ2v) is 6.19. The fourth-order valence-corrected chi connectivity index (χ4v) is 2.73. The Morgan fingerprint density at radius 3 is 2.72 bits per heavy atom.